The number of hydrogen-bond donors (Lipinski definition) is 1. The molecule has 0 unspecified atom stereocenters. The summed E-state index contributed by atoms with van der Waals surface area (Å²) in [5, 5.41) is 7.38. The van der Waals surface area contributed by atoms with Gasteiger partial charge in [0.15, 0.2) is 0 Å². The fraction of sp³-hybridized carbons (Fsp3) is 0.286. The van der Waals surface area contributed by atoms with Crippen molar-refractivity contribution < 1.29 is 4.79 Å². The van der Waals surface area contributed by atoms with E-state index in [-0.39, 0.29) is 0 Å². The Balaban J connectivity index is 3.32. The number of amides is 1. The molecule has 0 atom stereocenters. The van der Waals surface area contributed by atoms with Crippen molar-refractivity contribution in [2.45, 2.75) is 13.8 Å². The zero-order valence-corrected chi connectivity index (χ0v) is 6.46. The topological polar surface area (TPSA) is 68.9 Å². The molecule has 4 nitrogen and oxygen atoms in total. The SMILES string of the molecule is Cc1cnnc(C)c1C(N)=O. The molecular weight excluding hydrogens is 142 g/mol. The van der Waals surface area contributed by atoms with E-state index in [0.717, 1.165) is 5.56 Å². The summed E-state index contributed by atoms with van der Waals surface area (Å²) in [5.74, 6) is -0.449. The van der Waals surface area contributed by atoms with E-state index in [4.69, 9.17) is 5.73 Å². The van der Waals surface area contributed by atoms with Gasteiger partial charge in [0.1, 0.15) is 0 Å². The third-order valence-corrected chi connectivity index (χ3v) is 1.46. The standard InChI is InChI=1S/C7H9N3O/c1-4-3-9-10-5(2)6(4)7(8)11/h3H,1-2H3,(H2,8,11). The number of nitrogens with zero attached hydrogens (tertiary/aromatic N) is 2. The van der Waals surface area contributed by atoms with Crippen LogP contribution >= 0.6 is 0 Å². The van der Waals surface area contributed by atoms with Crippen LogP contribution in [0.15, 0.2) is 6.20 Å². The minimum absolute atomic E-state index is 0.449. The van der Waals surface area contributed by atoms with Crippen molar-refractivity contribution in [1.29, 1.82) is 0 Å². The van der Waals surface area contributed by atoms with Crippen molar-refractivity contribution in [2.75, 3.05) is 0 Å². The molecule has 2 N–H and O–H groups in total. The van der Waals surface area contributed by atoms with Crippen LogP contribution in [-0.2, 0) is 0 Å². The second kappa shape index (κ2) is 2.65. The number of rotatable bonds is 1. The van der Waals surface area contributed by atoms with Crippen molar-refractivity contribution in [3.8, 4) is 0 Å². The van der Waals surface area contributed by atoms with Crippen LogP contribution < -0.4 is 5.73 Å². The molecule has 1 amide bonds. The van der Waals surface area contributed by atoms with Crippen LogP contribution in [0, 0.1) is 13.8 Å². The molecule has 0 saturated heterocycles. The van der Waals surface area contributed by atoms with E-state index in [2.05, 4.69) is 10.2 Å². The number of nitrogens with two attached hydrogens (primary N) is 1. The molecule has 4 heteroatoms. The Morgan fingerprint density at radius 2 is 2.18 bits per heavy atom. The van der Waals surface area contributed by atoms with Gasteiger partial charge in [0, 0.05) is 0 Å². The van der Waals surface area contributed by atoms with Crippen LogP contribution in [0.1, 0.15) is 21.6 Å². The van der Waals surface area contributed by atoms with E-state index < -0.39 is 5.91 Å². The van der Waals surface area contributed by atoms with Gasteiger partial charge in [0.25, 0.3) is 5.91 Å². The first-order chi connectivity index (χ1) is 5.13. The largest absolute Gasteiger partial charge is 0.366 e. The highest BCUT2D eigenvalue weighted by atomic mass is 16.1. The number of carbonyl (C=O) groups excluding carboxylic acids is 1. The first-order valence-electron chi connectivity index (χ1n) is 3.21. The second-order valence-electron chi connectivity index (χ2n) is 2.35. The summed E-state index contributed by atoms with van der Waals surface area (Å²) in [6, 6.07) is 0. The quantitative estimate of drug-likeness (QED) is 0.623. The van der Waals surface area contributed by atoms with Crippen molar-refractivity contribution in [2.24, 2.45) is 5.73 Å². The van der Waals surface area contributed by atoms with Gasteiger partial charge in [-0.1, -0.05) is 0 Å². The highest BCUT2D eigenvalue weighted by molar-refractivity contribution is 5.95. The molecule has 1 aromatic rings. The molecule has 0 aliphatic heterocycles. The van der Waals surface area contributed by atoms with Crippen LogP contribution in [0.2, 0.25) is 0 Å². The van der Waals surface area contributed by atoms with Crippen LogP contribution in [0.5, 0.6) is 0 Å². The van der Waals surface area contributed by atoms with E-state index in [1.165, 1.54) is 6.20 Å². The second-order valence-corrected chi connectivity index (χ2v) is 2.35. The molecule has 0 aromatic carbocycles. The molecule has 0 spiro atoms. The smallest absolute Gasteiger partial charge is 0.250 e. The number of carbonyl (C=O) groups is 1. The predicted octanol–water partition coefficient (Wildman–Crippen LogP) is 0.192. The van der Waals surface area contributed by atoms with Gasteiger partial charge >= 0.3 is 0 Å². The van der Waals surface area contributed by atoms with Gasteiger partial charge in [-0.25, -0.2) is 0 Å². The van der Waals surface area contributed by atoms with Gasteiger partial charge in [-0.2, -0.15) is 10.2 Å². The minimum Gasteiger partial charge on any atom is -0.366 e. The summed E-state index contributed by atoms with van der Waals surface area (Å²) in [4.78, 5) is 10.8. The van der Waals surface area contributed by atoms with Crippen LogP contribution in [0.3, 0.4) is 0 Å². The fourth-order valence-corrected chi connectivity index (χ4v) is 0.975. The van der Waals surface area contributed by atoms with Crippen molar-refractivity contribution in [3.63, 3.8) is 0 Å². The molecular formula is C7H9N3O. The average molecular weight is 151 g/mol. The number of aromatic nitrogens is 2. The Morgan fingerprint density at radius 1 is 1.55 bits per heavy atom. The summed E-state index contributed by atoms with van der Waals surface area (Å²) in [7, 11) is 0. The molecule has 0 radical (unpaired) electrons. The van der Waals surface area contributed by atoms with Crippen LogP contribution in [-0.4, -0.2) is 16.1 Å². The van der Waals surface area contributed by atoms with E-state index in [1.54, 1.807) is 13.8 Å². The molecule has 11 heavy (non-hydrogen) atoms. The van der Waals surface area contributed by atoms with Gasteiger partial charge < -0.3 is 5.73 Å². The lowest BCUT2D eigenvalue weighted by Gasteiger charge is -2.01. The first-order valence-corrected chi connectivity index (χ1v) is 3.21. The maximum Gasteiger partial charge on any atom is 0.250 e. The monoisotopic (exact) mass is 151 g/mol. The van der Waals surface area contributed by atoms with Crippen molar-refractivity contribution in [3.05, 3.63) is 23.0 Å². The number of hydrogen-bond acceptors (Lipinski definition) is 3. The molecule has 0 fully saturated rings. The normalized spacial score (nSPS) is 9.64. The highest BCUT2D eigenvalue weighted by Crippen LogP contribution is 2.06. The van der Waals surface area contributed by atoms with E-state index >= 15 is 0 Å². The fourth-order valence-electron chi connectivity index (χ4n) is 0.975. The Morgan fingerprint density at radius 3 is 2.55 bits per heavy atom. The van der Waals surface area contributed by atoms with E-state index in [1.807, 2.05) is 0 Å². The van der Waals surface area contributed by atoms with Crippen LogP contribution in [0.4, 0.5) is 0 Å². The van der Waals surface area contributed by atoms with Gasteiger partial charge in [-0.3, -0.25) is 4.79 Å². The lowest BCUT2D eigenvalue weighted by molar-refractivity contribution is 0.0998. The third kappa shape index (κ3) is 1.34. The zero-order chi connectivity index (χ0) is 8.43. The highest BCUT2D eigenvalue weighted by Gasteiger charge is 2.08. The Labute approximate surface area is 64.4 Å². The summed E-state index contributed by atoms with van der Waals surface area (Å²) in [5.41, 5.74) is 6.93. The maximum atomic E-state index is 10.8. The predicted molar refractivity (Wildman–Crippen MR) is 40.0 cm³/mol. The zero-order valence-electron chi connectivity index (χ0n) is 6.46. The van der Waals surface area contributed by atoms with Gasteiger partial charge in [0.05, 0.1) is 17.5 Å². The van der Waals surface area contributed by atoms with Crippen molar-refractivity contribution in [1.82, 2.24) is 10.2 Å². The Kier molecular flexibility index (Phi) is 1.85. The van der Waals surface area contributed by atoms with E-state index in [9.17, 15) is 4.79 Å². The maximum absolute atomic E-state index is 10.8. The molecule has 0 bridgehead atoms. The first kappa shape index (κ1) is 7.65. The van der Waals surface area contributed by atoms with Crippen LogP contribution in [0.25, 0.3) is 0 Å². The lowest BCUT2D eigenvalue weighted by atomic mass is 10.1. The average Bonchev–Trinajstić information content (AvgIpc) is 1.85. The Hall–Kier alpha value is -1.45. The van der Waals surface area contributed by atoms with Gasteiger partial charge in [-0.05, 0) is 19.4 Å². The summed E-state index contributed by atoms with van der Waals surface area (Å²) >= 11 is 0. The number of aryl methyl sites for hydroxylation is 2. The molecule has 1 aromatic heterocycles. The van der Waals surface area contributed by atoms with Gasteiger partial charge in [0.2, 0.25) is 0 Å². The molecule has 1 heterocycles. The third-order valence-electron chi connectivity index (χ3n) is 1.46. The Bertz CT molecular complexity index is 275. The van der Waals surface area contributed by atoms with Gasteiger partial charge in [-0.15, -0.1) is 0 Å². The minimum atomic E-state index is -0.449. The summed E-state index contributed by atoms with van der Waals surface area (Å²) in [6.07, 6.45) is 1.52. The molecule has 0 saturated carbocycles. The summed E-state index contributed by atoms with van der Waals surface area (Å²) in [6.45, 7) is 3.49. The van der Waals surface area contributed by atoms with Crippen molar-refractivity contribution >= 4 is 5.91 Å². The molecule has 58 valence electrons. The van der Waals surface area contributed by atoms with E-state index in [0.29, 0.717) is 11.3 Å². The molecule has 0 aliphatic carbocycles. The summed E-state index contributed by atoms with van der Waals surface area (Å²) < 4.78 is 0. The number of primary amides is 1. The molecule has 0 aliphatic rings. The molecule has 1 rings (SSSR count). The lowest BCUT2D eigenvalue weighted by Crippen LogP contribution is -2.15.